The van der Waals surface area contributed by atoms with Gasteiger partial charge >= 0.3 is 0 Å². The molecule has 1 aliphatic rings. The van der Waals surface area contributed by atoms with Crippen molar-refractivity contribution in [3.8, 4) is 0 Å². The van der Waals surface area contributed by atoms with Crippen molar-refractivity contribution in [2.24, 2.45) is 5.92 Å². The Morgan fingerprint density at radius 2 is 2.28 bits per heavy atom. The van der Waals surface area contributed by atoms with Crippen molar-refractivity contribution in [2.75, 3.05) is 13.2 Å². The van der Waals surface area contributed by atoms with Crippen molar-refractivity contribution >= 4 is 22.9 Å². The second kappa shape index (κ2) is 7.56. The van der Waals surface area contributed by atoms with Crippen LogP contribution in [0.4, 0.5) is 0 Å². The SMILES string of the molecule is CC(C)C(CO)NCCC(=O)C1=CC=CCC1=S. The van der Waals surface area contributed by atoms with Gasteiger partial charge in [-0.25, -0.2) is 0 Å². The minimum absolute atomic E-state index is 0.0463. The molecule has 0 saturated carbocycles. The molecule has 0 bridgehead atoms. The summed E-state index contributed by atoms with van der Waals surface area (Å²) in [5.74, 6) is 0.431. The number of ketones is 1. The lowest BCUT2D eigenvalue weighted by atomic mass is 9.98. The summed E-state index contributed by atoms with van der Waals surface area (Å²) in [4.78, 5) is 12.7. The summed E-state index contributed by atoms with van der Waals surface area (Å²) < 4.78 is 0. The smallest absolute Gasteiger partial charge is 0.165 e. The van der Waals surface area contributed by atoms with Gasteiger partial charge in [-0.3, -0.25) is 4.79 Å². The molecule has 2 N–H and O–H groups in total. The van der Waals surface area contributed by atoms with Gasteiger partial charge in [0.2, 0.25) is 0 Å². The summed E-state index contributed by atoms with van der Waals surface area (Å²) in [5, 5.41) is 12.4. The molecule has 1 aliphatic carbocycles. The third-order valence-electron chi connectivity index (χ3n) is 3.06. The Hall–Kier alpha value is -0.840. The van der Waals surface area contributed by atoms with Crippen molar-refractivity contribution in [3.63, 3.8) is 0 Å². The van der Waals surface area contributed by atoms with Gasteiger partial charge in [0.05, 0.1) is 6.61 Å². The predicted molar refractivity (Wildman–Crippen MR) is 77.8 cm³/mol. The number of nitrogens with one attached hydrogen (secondary N) is 1. The maximum absolute atomic E-state index is 12.0. The van der Waals surface area contributed by atoms with Gasteiger partial charge in [-0.15, -0.1) is 0 Å². The maximum Gasteiger partial charge on any atom is 0.165 e. The fourth-order valence-corrected chi connectivity index (χ4v) is 2.09. The average Bonchev–Trinajstić information content (AvgIpc) is 2.34. The first-order valence-corrected chi connectivity index (χ1v) is 6.74. The topological polar surface area (TPSA) is 49.3 Å². The van der Waals surface area contributed by atoms with Crippen LogP contribution in [-0.4, -0.2) is 34.9 Å². The molecule has 18 heavy (non-hydrogen) atoms. The highest BCUT2D eigenvalue weighted by molar-refractivity contribution is 7.81. The quantitative estimate of drug-likeness (QED) is 0.691. The number of Topliss-reactive ketones (excluding diaryl/α,β-unsaturated/α-hetero) is 1. The Bertz CT molecular complexity index is 372. The number of aliphatic hydroxyl groups is 1. The summed E-state index contributed by atoms with van der Waals surface area (Å²) in [6, 6.07) is 0.0463. The van der Waals surface area contributed by atoms with Crippen LogP contribution in [0.25, 0.3) is 0 Å². The van der Waals surface area contributed by atoms with Crippen LogP contribution in [0, 0.1) is 5.92 Å². The number of aliphatic hydroxyl groups excluding tert-OH is 1. The summed E-state index contributed by atoms with van der Waals surface area (Å²) in [6.07, 6.45) is 6.73. The maximum atomic E-state index is 12.0. The molecule has 0 amide bonds. The minimum atomic E-state index is 0.0463. The zero-order valence-electron chi connectivity index (χ0n) is 11.0. The highest BCUT2D eigenvalue weighted by atomic mass is 32.1. The Balaban J connectivity index is 2.40. The van der Waals surface area contributed by atoms with Crippen LogP contribution in [-0.2, 0) is 4.79 Å². The fourth-order valence-electron chi connectivity index (χ4n) is 1.81. The predicted octanol–water partition coefficient (Wildman–Crippen LogP) is 1.81. The third kappa shape index (κ3) is 4.44. The van der Waals surface area contributed by atoms with Crippen LogP contribution in [0.1, 0.15) is 26.7 Å². The van der Waals surface area contributed by atoms with Crippen molar-refractivity contribution in [1.29, 1.82) is 0 Å². The number of hydrogen-bond donors (Lipinski definition) is 2. The molecule has 0 spiro atoms. The zero-order chi connectivity index (χ0) is 13.5. The number of thiocarbonyl (C=S) groups is 1. The molecule has 1 rings (SSSR count). The van der Waals surface area contributed by atoms with E-state index in [1.165, 1.54) is 0 Å². The van der Waals surface area contributed by atoms with Gasteiger partial charge in [0.15, 0.2) is 5.78 Å². The molecule has 0 saturated heterocycles. The summed E-state index contributed by atoms with van der Waals surface area (Å²) >= 11 is 5.17. The van der Waals surface area contributed by atoms with E-state index in [9.17, 15) is 4.79 Å². The summed E-state index contributed by atoms with van der Waals surface area (Å²) in [6.45, 7) is 4.75. The van der Waals surface area contributed by atoms with Crippen molar-refractivity contribution < 1.29 is 9.90 Å². The average molecular weight is 267 g/mol. The van der Waals surface area contributed by atoms with E-state index in [-0.39, 0.29) is 18.4 Å². The normalized spacial score (nSPS) is 16.9. The Morgan fingerprint density at radius 3 is 2.83 bits per heavy atom. The van der Waals surface area contributed by atoms with Crippen LogP contribution in [0.2, 0.25) is 0 Å². The lowest BCUT2D eigenvalue weighted by molar-refractivity contribution is -0.115. The van der Waals surface area contributed by atoms with Gasteiger partial charge in [0, 0.05) is 35.9 Å². The monoisotopic (exact) mass is 267 g/mol. The second-order valence-corrected chi connectivity index (χ2v) is 5.29. The van der Waals surface area contributed by atoms with Crippen molar-refractivity contribution in [2.45, 2.75) is 32.7 Å². The van der Waals surface area contributed by atoms with Gasteiger partial charge < -0.3 is 10.4 Å². The molecule has 0 radical (unpaired) electrons. The molecular weight excluding hydrogens is 246 g/mol. The number of carbonyl (C=O) groups is 1. The van der Waals surface area contributed by atoms with Crippen LogP contribution in [0.5, 0.6) is 0 Å². The van der Waals surface area contributed by atoms with Crippen LogP contribution in [0.3, 0.4) is 0 Å². The minimum Gasteiger partial charge on any atom is -0.395 e. The molecule has 0 aromatic rings. The van der Waals surface area contributed by atoms with Gasteiger partial charge in [0.1, 0.15) is 0 Å². The lowest BCUT2D eigenvalue weighted by Gasteiger charge is -2.19. The first kappa shape index (κ1) is 15.2. The van der Waals surface area contributed by atoms with Crippen molar-refractivity contribution in [3.05, 3.63) is 23.8 Å². The van der Waals surface area contributed by atoms with E-state index in [0.29, 0.717) is 30.9 Å². The molecule has 0 aliphatic heterocycles. The largest absolute Gasteiger partial charge is 0.395 e. The zero-order valence-corrected chi connectivity index (χ0v) is 11.8. The highest BCUT2D eigenvalue weighted by Gasteiger charge is 2.16. The van der Waals surface area contributed by atoms with E-state index in [2.05, 4.69) is 5.32 Å². The van der Waals surface area contributed by atoms with Gasteiger partial charge in [0.25, 0.3) is 0 Å². The summed E-state index contributed by atoms with van der Waals surface area (Å²) in [5.41, 5.74) is 0.666. The molecule has 3 nitrogen and oxygen atoms in total. The van der Waals surface area contributed by atoms with Crippen LogP contribution < -0.4 is 5.32 Å². The molecule has 4 heteroatoms. The molecule has 0 fully saturated rings. The Kier molecular flexibility index (Phi) is 6.39. The molecular formula is C14H21NO2S. The van der Waals surface area contributed by atoms with Crippen molar-refractivity contribution in [1.82, 2.24) is 5.32 Å². The fraction of sp³-hybridized carbons (Fsp3) is 0.571. The van der Waals surface area contributed by atoms with E-state index in [0.717, 1.165) is 4.86 Å². The Morgan fingerprint density at radius 1 is 1.56 bits per heavy atom. The summed E-state index contributed by atoms with van der Waals surface area (Å²) in [7, 11) is 0. The number of allylic oxidation sites excluding steroid dienone is 4. The standard InChI is InChI=1S/C14H21NO2S/c1-10(2)12(9-16)15-8-7-13(17)11-5-3-4-6-14(11)18/h3-5,10,12,15-16H,6-9H2,1-2H3. The Labute approximate surface area is 114 Å². The van der Waals surface area contributed by atoms with Gasteiger partial charge in [-0.05, 0) is 5.92 Å². The number of rotatable bonds is 7. The van der Waals surface area contributed by atoms with Gasteiger partial charge in [-0.2, -0.15) is 0 Å². The first-order chi connectivity index (χ1) is 8.56. The van der Waals surface area contributed by atoms with Crippen LogP contribution >= 0.6 is 12.2 Å². The molecule has 1 unspecified atom stereocenters. The number of carbonyl (C=O) groups excluding carboxylic acids is 1. The second-order valence-electron chi connectivity index (χ2n) is 4.80. The molecule has 0 aromatic carbocycles. The first-order valence-electron chi connectivity index (χ1n) is 6.33. The molecule has 100 valence electrons. The van der Waals surface area contributed by atoms with E-state index < -0.39 is 0 Å². The third-order valence-corrected chi connectivity index (χ3v) is 3.45. The van der Waals surface area contributed by atoms with E-state index >= 15 is 0 Å². The van der Waals surface area contributed by atoms with E-state index in [1.807, 2.05) is 26.0 Å². The molecule has 0 heterocycles. The molecule has 0 aromatic heterocycles. The van der Waals surface area contributed by atoms with Crippen LogP contribution in [0.15, 0.2) is 23.8 Å². The van der Waals surface area contributed by atoms with E-state index in [1.54, 1.807) is 6.08 Å². The van der Waals surface area contributed by atoms with Gasteiger partial charge in [-0.1, -0.05) is 44.3 Å². The molecule has 1 atom stereocenters. The lowest BCUT2D eigenvalue weighted by Crippen LogP contribution is -2.38. The highest BCUT2D eigenvalue weighted by Crippen LogP contribution is 2.12. The number of hydrogen-bond acceptors (Lipinski definition) is 4. The van der Waals surface area contributed by atoms with E-state index in [4.69, 9.17) is 17.3 Å².